The van der Waals surface area contributed by atoms with Gasteiger partial charge in [0.05, 0.1) is 5.56 Å². The minimum atomic E-state index is -0.0306. The van der Waals surface area contributed by atoms with E-state index in [4.69, 9.17) is 0 Å². The average Bonchev–Trinajstić information content (AvgIpc) is 2.37. The van der Waals surface area contributed by atoms with Crippen LogP contribution in [0, 0.1) is 10.7 Å². The molecule has 0 aromatic heterocycles. The molecule has 1 aliphatic rings. The van der Waals surface area contributed by atoms with Gasteiger partial charge in [0.2, 0.25) is 0 Å². The Labute approximate surface area is 176 Å². The normalized spacial score (nSPS) is 15.0. The first kappa shape index (κ1) is 18.7. The first-order chi connectivity index (χ1) is 8.52. The summed E-state index contributed by atoms with van der Waals surface area (Å²) in [4.78, 5) is 14.4. The molecule has 1 heterocycles. The van der Waals surface area contributed by atoms with Gasteiger partial charge in [-0.05, 0) is 93.1 Å². The van der Waals surface area contributed by atoms with Crippen LogP contribution >= 0.6 is 67.8 Å². The number of piperidine rings is 1. The summed E-state index contributed by atoms with van der Waals surface area (Å²) in [6.07, 6.45) is 3.32. The molecule has 1 aromatic rings. The summed E-state index contributed by atoms with van der Waals surface area (Å²) in [5.41, 5.74) is 0.587. The van der Waals surface area contributed by atoms with E-state index in [0.717, 1.165) is 29.5 Å². The van der Waals surface area contributed by atoms with Gasteiger partial charge in [0.25, 0.3) is 5.91 Å². The minimum Gasteiger partial charge on any atom is -0.871 e. The van der Waals surface area contributed by atoms with Crippen molar-refractivity contribution in [1.82, 2.24) is 4.90 Å². The number of likely N-dealkylation sites (tertiary alicyclic amines) is 1. The van der Waals surface area contributed by atoms with Crippen LogP contribution in [0.4, 0.5) is 0 Å². The van der Waals surface area contributed by atoms with Gasteiger partial charge >= 0.3 is 29.6 Å². The molecule has 3 nitrogen and oxygen atoms in total. The standard InChI is InChI=1S/C12H12I3NO2.Na/c13-7-6-8(14)11(17)10(15)9(7)12(18)16-4-2-1-3-5-16;/h6,17H,1-5H2;/q;+1/p-1. The number of carbonyl (C=O) groups is 1. The van der Waals surface area contributed by atoms with E-state index in [0.29, 0.717) is 12.7 Å². The average molecular weight is 605 g/mol. The molecule has 0 saturated carbocycles. The summed E-state index contributed by atoms with van der Waals surface area (Å²) in [5, 5.41) is 11.9. The van der Waals surface area contributed by atoms with Crippen molar-refractivity contribution in [2.75, 3.05) is 13.1 Å². The Bertz CT molecular complexity index is 490. The van der Waals surface area contributed by atoms with E-state index in [1.807, 2.05) is 50.1 Å². The molecule has 0 aliphatic carbocycles. The van der Waals surface area contributed by atoms with Gasteiger partial charge in [0, 0.05) is 23.8 Å². The Morgan fingerprint density at radius 3 is 2.26 bits per heavy atom. The van der Waals surface area contributed by atoms with E-state index in [2.05, 4.69) is 22.6 Å². The van der Waals surface area contributed by atoms with Crippen LogP contribution in [-0.2, 0) is 0 Å². The summed E-state index contributed by atoms with van der Waals surface area (Å²) in [6.45, 7) is 1.62. The van der Waals surface area contributed by atoms with Gasteiger partial charge in [-0.2, -0.15) is 0 Å². The summed E-state index contributed by atoms with van der Waals surface area (Å²) in [7, 11) is 0. The smallest absolute Gasteiger partial charge is 0.871 e. The third kappa shape index (κ3) is 4.33. The monoisotopic (exact) mass is 605 g/mol. The molecule has 1 saturated heterocycles. The number of hydrogen-bond donors (Lipinski definition) is 0. The molecule has 2 rings (SSSR count). The number of hydrogen-bond acceptors (Lipinski definition) is 2. The van der Waals surface area contributed by atoms with Crippen LogP contribution in [0.1, 0.15) is 29.6 Å². The van der Waals surface area contributed by atoms with Gasteiger partial charge in [-0.15, -0.1) is 0 Å². The molecule has 1 amide bonds. The third-order valence-electron chi connectivity index (χ3n) is 2.99. The molecule has 0 spiro atoms. The van der Waals surface area contributed by atoms with Gasteiger partial charge in [-0.1, -0.05) is 5.75 Å². The maximum atomic E-state index is 12.5. The Hall–Kier alpha value is 1.68. The number of amides is 1. The number of halogens is 3. The molecule has 0 unspecified atom stereocenters. The number of rotatable bonds is 1. The first-order valence-corrected chi connectivity index (χ1v) is 8.89. The zero-order chi connectivity index (χ0) is 13.3. The van der Waals surface area contributed by atoms with Gasteiger partial charge in [0.1, 0.15) is 0 Å². The van der Waals surface area contributed by atoms with Crippen LogP contribution in [0.25, 0.3) is 0 Å². The molecule has 0 atom stereocenters. The van der Waals surface area contributed by atoms with Crippen LogP contribution in [0.2, 0.25) is 0 Å². The predicted molar refractivity (Wildman–Crippen MR) is 93.8 cm³/mol. The summed E-state index contributed by atoms with van der Waals surface area (Å²) in [6, 6.07) is 1.79. The second-order valence-electron chi connectivity index (χ2n) is 4.21. The summed E-state index contributed by atoms with van der Waals surface area (Å²) in [5.74, 6) is -0.0195. The number of benzene rings is 1. The Kier molecular flexibility index (Phi) is 8.23. The van der Waals surface area contributed by atoms with Crippen LogP contribution in [0.5, 0.6) is 5.75 Å². The van der Waals surface area contributed by atoms with Crippen molar-refractivity contribution in [1.29, 1.82) is 0 Å². The van der Waals surface area contributed by atoms with Gasteiger partial charge in [-0.3, -0.25) is 4.79 Å². The quantitative estimate of drug-likeness (QED) is 0.340. The second kappa shape index (κ2) is 8.35. The molecule has 1 aromatic carbocycles. The number of nitrogens with zero attached hydrogens (tertiary/aromatic N) is 1. The molecular weight excluding hydrogens is 594 g/mol. The fourth-order valence-electron chi connectivity index (χ4n) is 2.02. The van der Waals surface area contributed by atoms with Gasteiger partial charge in [-0.25, -0.2) is 0 Å². The summed E-state index contributed by atoms with van der Waals surface area (Å²) >= 11 is 6.16. The predicted octanol–water partition coefficient (Wildman–Crippen LogP) is 0.204. The molecule has 19 heavy (non-hydrogen) atoms. The van der Waals surface area contributed by atoms with Crippen LogP contribution < -0.4 is 34.7 Å². The van der Waals surface area contributed by atoms with Crippen molar-refractivity contribution < 1.29 is 39.5 Å². The van der Waals surface area contributed by atoms with E-state index < -0.39 is 0 Å². The third-order valence-corrected chi connectivity index (χ3v) is 5.67. The van der Waals surface area contributed by atoms with E-state index in [-0.39, 0.29) is 41.2 Å². The summed E-state index contributed by atoms with van der Waals surface area (Å²) < 4.78 is 2.10. The molecular formula is C12H11I3NNaO2. The van der Waals surface area contributed by atoms with Crippen molar-refractivity contribution in [3.05, 3.63) is 22.3 Å². The number of carbonyl (C=O) groups excluding carboxylic acids is 1. The first-order valence-electron chi connectivity index (χ1n) is 5.66. The van der Waals surface area contributed by atoms with Crippen molar-refractivity contribution in [3.63, 3.8) is 0 Å². The van der Waals surface area contributed by atoms with Gasteiger partial charge < -0.3 is 10.0 Å². The largest absolute Gasteiger partial charge is 1.00 e. The SMILES string of the molecule is O=C(c1c(I)cc(I)c([O-])c1I)N1CCCCC1.[Na+]. The van der Waals surface area contributed by atoms with Crippen molar-refractivity contribution in [2.24, 2.45) is 0 Å². The molecule has 1 fully saturated rings. The van der Waals surface area contributed by atoms with E-state index >= 15 is 0 Å². The Morgan fingerprint density at radius 1 is 1.11 bits per heavy atom. The molecule has 0 radical (unpaired) electrons. The fourth-order valence-corrected chi connectivity index (χ4v) is 5.86. The zero-order valence-electron chi connectivity index (χ0n) is 10.5. The maximum Gasteiger partial charge on any atom is 1.00 e. The van der Waals surface area contributed by atoms with Crippen molar-refractivity contribution in [3.8, 4) is 5.75 Å². The van der Waals surface area contributed by atoms with E-state index in [9.17, 15) is 9.90 Å². The molecule has 1 aliphatic heterocycles. The molecule has 98 valence electrons. The molecule has 0 bridgehead atoms. The van der Waals surface area contributed by atoms with Crippen molar-refractivity contribution in [2.45, 2.75) is 19.3 Å². The molecule has 0 N–H and O–H groups in total. The maximum absolute atomic E-state index is 12.5. The minimum absolute atomic E-state index is 0. The van der Waals surface area contributed by atoms with Crippen molar-refractivity contribution >= 4 is 73.7 Å². The van der Waals surface area contributed by atoms with E-state index in [1.165, 1.54) is 6.42 Å². The van der Waals surface area contributed by atoms with Gasteiger partial charge in [0.15, 0.2) is 0 Å². The Balaban J connectivity index is 0.00000180. The molecule has 7 heteroatoms. The van der Waals surface area contributed by atoms with Crippen LogP contribution in [-0.4, -0.2) is 23.9 Å². The van der Waals surface area contributed by atoms with E-state index in [1.54, 1.807) is 6.07 Å². The van der Waals surface area contributed by atoms with Crippen LogP contribution in [0.3, 0.4) is 0 Å². The second-order valence-corrected chi connectivity index (χ2v) is 7.61. The zero-order valence-corrected chi connectivity index (χ0v) is 19.0. The Morgan fingerprint density at radius 2 is 1.68 bits per heavy atom. The van der Waals surface area contributed by atoms with Crippen LogP contribution in [0.15, 0.2) is 6.07 Å². The topological polar surface area (TPSA) is 43.4 Å². The fraction of sp³-hybridized carbons (Fsp3) is 0.417.